The van der Waals surface area contributed by atoms with Crippen LogP contribution in [0.15, 0.2) is 0 Å². The van der Waals surface area contributed by atoms with E-state index in [9.17, 15) is 14.4 Å². The molecule has 8 heteroatoms. The Morgan fingerprint density at radius 2 is 1.83 bits per heavy atom. The summed E-state index contributed by atoms with van der Waals surface area (Å²) in [7, 11) is 1.34. The Labute approximate surface area is 172 Å². The topological polar surface area (TPSA) is 101 Å². The number of ether oxygens (including phenoxy) is 2. The van der Waals surface area contributed by atoms with Crippen molar-refractivity contribution in [1.29, 1.82) is 0 Å². The average molecular weight is 408 g/mol. The lowest BCUT2D eigenvalue weighted by Gasteiger charge is -2.33. The van der Waals surface area contributed by atoms with E-state index in [0.717, 1.165) is 6.42 Å². The lowest BCUT2D eigenvalue weighted by Crippen LogP contribution is -2.48. The maximum atomic E-state index is 12.9. The number of esters is 1. The largest absolute Gasteiger partial charge is 0.465 e. The molecule has 1 aliphatic rings. The number of aryl methyl sites for hydroxylation is 1. The molecule has 2 amide bonds. The number of hydrogen-bond acceptors (Lipinski definition) is 5. The van der Waals surface area contributed by atoms with Gasteiger partial charge in [-0.25, -0.2) is 9.59 Å². The van der Waals surface area contributed by atoms with Crippen LogP contribution in [0, 0.1) is 6.92 Å². The summed E-state index contributed by atoms with van der Waals surface area (Å²) in [5.41, 5.74) is 1.66. The van der Waals surface area contributed by atoms with E-state index < -0.39 is 11.6 Å². The number of H-pyrrole nitrogens is 1. The molecule has 29 heavy (non-hydrogen) atoms. The number of hydrogen-bond donors (Lipinski definition) is 2. The number of amides is 2. The highest BCUT2D eigenvalue weighted by atomic mass is 16.6. The zero-order valence-corrected chi connectivity index (χ0v) is 18.3. The minimum Gasteiger partial charge on any atom is -0.465 e. The summed E-state index contributed by atoms with van der Waals surface area (Å²) in [5.74, 6) is -0.672. The van der Waals surface area contributed by atoms with Gasteiger partial charge in [0.25, 0.3) is 5.91 Å². The zero-order valence-electron chi connectivity index (χ0n) is 18.3. The lowest BCUT2D eigenvalue weighted by molar-refractivity contribution is 0.0199. The number of rotatable bonds is 5. The first-order chi connectivity index (χ1) is 13.6. The number of aromatic amines is 1. The van der Waals surface area contributed by atoms with Crippen molar-refractivity contribution in [2.24, 2.45) is 0 Å². The van der Waals surface area contributed by atoms with Gasteiger partial charge in [0, 0.05) is 24.8 Å². The third-order valence-electron chi connectivity index (χ3n) is 4.89. The number of carbonyl (C=O) groups is 3. The summed E-state index contributed by atoms with van der Waals surface area (Å²) >= 11 is 0. The zero-order chi connectivity index (χ0) is 21.8. The van der Waals surface area contributed by atoms with Crippen molar-refractivity contribution in [3.05, 3.63) is 22.5 Å². The van der Waals surface area contributed by atoms with Gasteiger partial charge in [-0.3, -0.25) is 4.79 Å². The average Bonchev–Trinajstić information content (AvgIpc) is 2.97. The van der Waals surface area contributed by atoms with Gasteiger partial charge in [-0.15, -0.1) is 0 Å². The van der Waals surface area contributed by atoms with Crippen LogP contribution in [0.25, 0.3) is 0 Å². The van der Waals surface area contributed by atoms with Crippen LogP contribution in [0.4, 0.5) is 4.79 Å². The second-order valence-corrected chi connectivity index (χ2v) is 8.44. The van der Waals surface area contributed by atoms with Crippen molar-refractivity contribution in [3.8, 4) is 0 Å². The summed E-state index contributed by atoms with van der Waals surface area (Å²) in [6.07, 6.45) is 2.38. The molecule has 8 nitrogen and oxygen atoms in total. The predicted molar refractivity (Wildman–Crippen MR) is 109 cm³/mol. The first kappa shape index (κ1) is 22.8. The van der Waals surface area contributed by atoms with Crippen molar-refractivity contribution >= 4 is 18.0 Å². The van der Waals surface area contributed by atoms with E-state index in [-0.39, 0.29) is 18.0 Å². The van der Waals surface area contributed by atoms with Gasteiger partial charge >= 0.3 is 12.1 Å². The summed E-state index contributed by atoms with van der Waals surface area (Å²) in [6, 6.07) is -0.0409. The van der Waals surface area contributed by atoms with E-state index in [4.69, 9.17) is 9.47 Å². The third-order valence-corrected chi connectivity index (χ3v) is 4.89. The molecule has 0 aliphatic carbocycles. The van der Waals surface area contributed by atoms with Crippen LogP contribution in [0.5, 0.6) is 0 Å². The quantitative estimate of drug-likeness (QED) is 0.730. The smallest absolute Gasteiger partial charge is 0.410 e. The van der Waals surface area contributed by atoms with Crippen molar-refractivity contribution in [3.63, 3.8) is 0 Å². The van der Waals surface area contributed by atoms with Gasteiger partial charge in [0.05, 0.1) is 12.7 Å². The molecule has 0 saturated carbocycles. The van der Waals surface area contributed by atoms with Crippen molar-refractivity contribution in [1.82, 2.24) is 15.2 Å². The standard InChI is InChI=1S/C21H33N3O5/c1-7-8-15-16(19(26)28-6)13(2)22-17(15)18(25)23-14-9-11-24(12-10-14)20(27)29-21(3,4)5/h14,22H,7-12H2,1-6H3,(H,23,25). The minimum atomic E-state index is -0.527. The number of methoxy groups -OCH3 is 1. The molecule has 0 bridgehead atoms. The molecule has 0 atom stereocenters. The number of nitrogens with one attached hydrogen (secondary N) is 2. The molecule has 1 fully saturated rings. The highest BCUT2D eigenvalue weighted by Gasteiger charge is 2.29. The van der Waals surface area contributed by atoms with Crippen LogP contribution in [-0.4, -0.2) is 59.7 Å². The number of piperidine rings is 1. The summed E-state index contributed by atoms with van der Waals surface area (Å²) in [4.78, 5) is 41.9. The Hall–Kier alpha value is -2.51. The fourth-order valence-corrected chi connectivity index (χ4v) is 3.54. The Bertz CT molecular complexity index is 755. The second kappa shape index (κ2) is 9.33. The molecule has 0 aromatic carbocycles. The normalized spacial score (nSPS) is 15.2. The van der Waals surface area contributed by atoms with Gasteiger partial charge in [-0.2, -0.15) is 0 Å². The van der Waals surface area contributed by atoms with E-state index in [1.54, 1.807) is 11.8 Å². The Balaban J connectivity index is 2.03. The van der Waals surface area contributed by atoms with E-state index in [2.05, 4.69) is 10.3 Å². The summed E-state index contributed by atoms with van der Waals surface area (Å²) in [6.45, 7) is 10.3. The second-order valence-electron chi connectivity index (χ2n) is 8.44. The number of nitrogens with zero attached hydrogens (tertiary/aromatic N) is 1. The maximum Gasteiger partial charge on any atom is 0.410 e. The van der Waals surface area contributed by atoms with Gasteiger partial charge in [0.15, 0.2) is 0 Å². The van der Waals surface area contributed by atoms with E-state index in [1.165, 1.54) is 7.11 Å². The fourth-order valence-electron chi connectivity index (χ4n) is 3.54. The summed E-state index contributed by atoms with van der Waals surface area (Å²) in [5, 5.41) is 3.04. The van der Waals surface area contributed by atoms with E-state index >= 15 is 0 Å². The molecule has 1 aromatic heterocycles. The van der Waals surface area contributed by atoms with Crippen LogP contribution in [0.2, 0.25) is 0 Å². The molecule has 0 unspecified atom stereocenters. The lowest BCUT2D eigenvalue weighted by atomic mass is 10.0. The van der Waals surface area contributed by atoms with Crippen LogP contribution in [0.3, 0.4) is 0 Å². The first-order valence-electron chi connectivity index (χ1n) is 10.2. The molecule has 2 heterocycles. The van der Waals surface area contributed by atoms with Crippen LogP contribution in [0.1, 0.15) is 79.1 Å². The molecule has 2 N–H and O–H groups in total. The van der Waals surface area contributed by atoms with Crippen molar-refractivity contribution in [2.45, 2.75) is 71.9 Å². The molecule has 1 aromatic rings. The number of carbonyl (C=O) groups excluding carboxylic acids is 3. The molecule has 0 spiro atoms. The highest BCUT2D eigenvalue weighted by molar-refractivity contribution is 6.00. The van der Waals surface area contributed by atoms with Crippen LogP contribution < -0.4 is 5.32 Å². The van der Waals surface area contributed by atoms with Crippen LogP contribution in [-0.2, 0) is 15.9 Å². The van der Waals surface area contributed by atoms with Crippen molar-refractivity contribution < 1.29 is 23.9 Å². The molecular weight excluding hydrogens is 374 g/mol. The van der Waals surface area contributed by atoms with E-state index in [1.807, 2.05) is 27.7 Å². The van der Waals surface area contributed by atoms with Gasteiger partial charge in [0.1, 0.15) is 11.3 Å². The van der Waals surface area contributed by atoms with Gasteiger partial charge in [0.2, 0.25) is 0 Å². The van der Waals surface area contributed by atoms with Gasteiger partial charge < -0.3 is 24.7 Å². The minimum absolute atomic E-state index is 0.0409. The molecule has 1 aliphatic heterocycles. The van der Waals surface area contributed by atoms with Gasteiger partial charge in [-0.1, -0.05) is 13.3 Å². The van der Waals surface area contributed by atoms with Gasteiger partial charge in [-0.05, 0) is 52.5 Å². The number of likely N-dealkylation sites (tertiary alicyclic amines) is 1. The molecule has 0 radical (unpaired) electrons. The molecule has 162 valence electrons. The fraction of sp³-hybridized carbons (Fsp3) is 0.667. The molecular formula is C21H33N3O5. The Morgan fingerprint density at radius 3 is 2.34 bits per heavy atom. The predicted octanol–water partition coefficient (Wildman–Crippen LogP) is 3.19. The summed E-state index contributed by atoms with van der Waals surface area (Å²) < 4.78 is 10.3. The Morgan fingerprint density at radius 1 is 1.21 bits per heavy atom. The number of aromatic nitrogens is 1. The van der Waals surface area contributed by atoms with E-state index in [0.29, 0.717) is 54.9 Å². The third kappa shape index (κ3) is 5.74. The molecule has 1 saturated heterocycles. The monoisotopic (exact) mass is 407 g/mol. The maximum absolute atomic E-state index is 12.9. The molecule has 2 rings (SSSR count). The highest BCUT2D eigenvalue weighted by Crippen LogP contribution is 2.23. The van der Waals surface area contributed by atoms with Crippen molar-refractivity contribution in [2.75, 3.05) is 20.2 Å². The Kier molecular flexibility index (Phi) is 7.32. The SMILES string of the molecule is CCCc1c(C(=O)NC2CCN(C(=O)OC(C)(C)C)CC2)[nH]c(C)c1C(=O)OC. The first-order valence-corrected chi connectivity index (χ1v) is 10.2. The van der Waals surface area contributed by atoms with Crippen LogP contribution >= 0.6 is 0 Å².